The van der Waals surface area contributed by atoms with Crippen LogP contribution in [0.3, 0.4) is 0 Å². The molecule has 0 radical (unpaired) electrons. The van der Waals surface area contributed by atoms with Gasteiger partial charge in [0.25, 0.3) is 5.91 Å². The summed E-state index contributed by atoms with van der Waals surface area (Å²) < 4.78 is 21.3. The molecule has 2 amide bonds. The standard InChI is InChI=1S/C35H40ClFN2O6/c1-21-8-7-10-25(22(21)2)33-26-17-24(36)13-15-29(26)39(19-35(3,4)20-40)34(44)30(45-33)18-31(41)38-28-16-23(12-14-27(28)37)9-5-6-11-32(42)43/h7-8,10,12-17,30,33,40H,5-6,9,11,18-20H2,1-4H3,(H,38,41)(H,42,43)/t30-,33-/m1/s1. The Balaban J connectivity index is 1.67. The fraction of sp³-hybridized carbons (Fsp3) is 0.400. The van der Waals surface area contributed by atoms with E-state index in [0.717, 1.165) is 22.3 Å². The van der Waals surface area contributed by atoms with Crippen molar-refractivity contribution in [2.45, 2.75) is 72.0 Å². The summed E-state index contributed by atoms with van der Waals surface area (Å²) >= 11 is 6.47. The summed E-state index contributed by atoms with van der Waals surface area (Å²) in [6.45, 7) is 7.59. The van der Waals surface area contributed by atoms with Gasteiger partial charge in [-0.15, -0.1) is 0 Å². The van der Waals surface area contributed by atoms with Crippen molar-refractivity contribution in [1.82, 2.24) is 0 Å². The second-order valence-electron chi connectivity index (χ2n) is 12.4. The number of carboxylic acid groups (broad SMARTS) is 1. The molecule has 8 nitrogen and oxygen atoms in total. The molecule has 0 unspecified atom stereocenters. The van der Waals surface area contributed by atoms with Gasteiger partial charge in [-0.05, 0) is 85.7 Å². The SMILES string of the molecule is Cc1cccc([C@H]2O[C@H](CC(=O)Nc3cc(CCCCC(=O)O)ccc3F)C(=O)N(CC(C)(C)CO)c3ccc(Cl)cc32)c1C. The number of aliphatic hydroxyl groups is 1. The number of fused-ring (bicyclic) bond motifs is 1. The third-order valence-electron chi connectivity index (χ3n) is 8.13. The van der Waals surface area contributed by atoms with Crippen LogP contribution >= 0.6 is 11.6 Å². The van der Waals surface area contributed by atoms with Gasteiger partial charge in [0.1, 0.15) is 18.0 Å². The normalized spacial score (nSPS) is 16.7. The highest BCUT2D eigenvalue weighted by Gasteiger charge is 2.40. The number of aliphatic carboxylic acids is 1. The van der Waals surface area contributed by atoms with Crippen LogP contribution in [-0.4, -0.2) is 47.3 Å². The van der Waals surface area contributed by atoms with E-state index in [1.165, 1.54) is 12.1 Å². The second-order valence-corrected chi connectivity index (χ2v) is 12.8. The van der Waals surface area contributed by atoms with E-state index >= 15 is 0 Å². The predicted molar refractivity (Wildman–Crippen MR) is 172 cm³/mol. The zero-order valence-electron chi connectivity index (χ0n) is 26.0. The Hall–Kier alpha value is -3.79. The minimum absolute atomic E-state index is 0.0313. The van der Waals surface area contributed by atoms with Gasteiger partial charge in [-0.1, -0.05) is 49.7 Å². The summed E-state index contributed by atoms with van der Waals surface area (Å²) in [6.07, 6.45) is -0.721. The van der Waals surface area contributed by atoms with Crippen LogP contribution in [0.1, 0.15) is 73.5 Å². The molecule has 4 rings (SSSR count). The van der Waals surface area contributed by atoms with E-state index in [9.17, 15) is 23.9 Å². The van der Waals surface area contributed by atoms with E-state index in [0.29, 0.717) is 35.5 Å². The van der Waals surface area contributed by atoms with Gasteiger partial charge in [0, 0.05) is 41.3 Å². The molecule has 0 fully saturated rings. The van der Waals surface area contributed by atoms with Crippen LogP contribution in [0.15, 0.2) is 54.6 Å². The first-order chi connectivity index (χ1) is 21.3. The Morgan fingerprint density at radius 1 is 1.07 bits per heavy atom. The predicted octanol–water partition coefficient (Wildman–Crippen LogP) is 6.76. The van der Waals surface area contributed by atoms with Crippen molar-refractivity contribution in [3.05, 3.63) is 93.3 Å². The molecule has 1 aliphatic rings. The average molecular weight is 639 g/mol. The molecule has 3 aromatic rings. The van der Waals surface area contributed by atoms with E-state index in [2.05, 4.69) is 5.32 Å². The quantitative estimate of drug-likeness (QED) is 0.189. The number of unbranched alkanes of at least 4 members (excludes halogenated alkanes) is 1. The molecule has 0 saturated carbocycles. The van der Waals surface area contributed by atoms with Crippen molar-refractivity contribution < 1.29 is 33.7 Å². The lowest BCUT2D eigenvalue weighted by Crippen LogP contribution is -2.46. The summed E-state index contributed by atoms with van der Waals surface area (Å²) in [5.41, 5.74) is 4.09. The number of halogens is 2. The first-order valence-electron chi connectivity index (χ1n) is 15.0. The van der Waals surface area contributed by atoms with E-state index in [-0.39, 0.29) is 31.7 Å². The number of benzene rings is 3. The smallest absolute Gasteiger partial charge is 0.303 e. The van der Waals surface area contributed by atoms with Crippen molar-refractivity contribution in [2.75, 3.05) is 23.4 Å². The van der Waals surface area contributed by atoms with Crippen LogP contribution in [-0.2, 0) is 25.5 Å². The van der Waals surface area contributed by atoms with Crippen LogP contribution < -0.4 is 10.2 Å². The maximum Gasteiger partial charge on any atom is 0.303 e. The first-order valence-corrected chi connectivity index (χ1v) is 15.4. The van der Waals surface area contributed by atoms with Gasteiger partial charge in [0.2, 0.25) is 5.91 Å². The van der Waals surface area contributed by atoms with E-state index < -0.39 is 41.2 Å². The molecule has 2 atom stereocenters. The number of carbonyl (C=O) groups is 3. The van der Waals surface area contributed by atoms with Crippen LogP contribution in [0.4, 0.5) is 15.8 Å². The number of anilines is 2. The van der Waals surface area contributed by atoms with Crippen molar-refractivity contribution in [2.24, 2.45) is 5.41 Å². The zero-order valence-corrected chi connectivity index (χ0v) is 26.8. The molecule has 0 bridgehead atoms. The van der Waals surface area contributed by atoms with Gasteiger partial charge < -0.3 is 25.2 Å². The van der Waals surface area contributed by atoms with Crippen molar-refractivity contribution >= 4 is 40.8 Å². The number of hydrogen-bond donors (Lipinski definition) is 3. The molecule has 0 spiro atoms. The third kappa shape index (κ3) is 8.48. The van der Waals surface area contributed by atoms with Gasteiger partial charge in [-0.3, -0.25) is 14.4 Å². The number of rotatable bonds is 12. The molecule has 1 heterocycles. The molecule has 3 aromatic carbocycles. The molecule has 45 heavy (non-hydrogen) atoms. The van der Waals surface area contributed by atoms with Crippen LogP contribution in [0.2, 0.25) is 5.02 Å². The molecular formula is C35H40ClFN2O6. The number of carbonyl (C=O) groups excluding carboxylic acids is 2. The van der Waals surface area contributed by atoms with Crippen molar-refractivity contribution in [3.8, 4) is 0 Å². The summed E-state index contributed by atoms with van der Waals surface area (Å²) in [4.78, 5) is 40.0. The Bertz CT molecular complexity index is 1580. The highest BCUT2D eigenvalue weighted by molar-refractivity contribution is 6.30. The van der Waals surface area contributed by atoms with Crippen molar-refractivity contribution in [1.29, 1.82) is 0 Å². The zero-order chi connectivity index (χ0) is 32.9. The fourth-order valence-electron chi connectivity index (χ4n) is 5.44. The van der Waals surface area contributed by atoms with Crippen LogP contribution in [0, 0.1) is 25.1 Å². The van der Waals surface area contributed by atoms with Gasteiger partial charge in [-0.25, -0.2) is 4.39 Å². The van der Waals surface area contributed by atoms with Crippen molar-refractivity contribution in [3.63, 3.8) is 0 Å². The lowest BCUT2D eigenvalue weighted by atomic mass is 9.91. The Labute approximate surface area is 268 Å². The minimum atomic E-state index is -1.24. The molecule has 3 N–H and O–H groups in total. The third-order valence-corrected chi connectivity index (χ3v) is 8.36. The van der Waals surface area contributed by atoms with E-state index in [1.807, 2.05) is 45.9 Å². The molecule has 240 valence electrons. The minimum Gasteiger partial charge on any atom is -0.481 e. The summed E-state index contributed by atoms with van der Waals surface area (Å²) in [5, 5.41) is 22.0. The Morgan fingerprint density at radius 3 is 2.53 bits per heavy atom. The highest BCUT2D eigenvalue weighted by atomic mass is 35.5. The molecule has 0 aromatic heterocycles. The fourth-order valence-corrected chi connectivity index (χ4v) is 5.62. The molecule has 0 aliphatic carbocycles. The largest absolute Gasteiger partial charge is 0.481 e. The number of aliphatic hydroxyl groups excluding tert-OH is 1. The molecular weight excluding hydrogens is 599 g/mol. The number of aryl methyl sites for hydroxylation is 2. The summed E-state index contributed by atoms with van der Waals surface area (Å²) in [7, 11) is 0. The van der Waals surface area contributed by atoms with Gasteiger partial charge in [0.15, 0.2) is 0 Å². The molecule has 10 heteroatoms. The van der Waals surface area contributed by atoms with E-state index in [4.69, 9.17) is 21.4 Å². The van der Waals surface area contributed by atoms with E-state index in [1.54, 1.807) is 29.2 Å². The monoisotopic (exact) mass is 638 g/mol. The number of amides is 2. The topological polar surface area (TPSA) is 116 Å². The average Bonchev–Trinajstić information content (AvgIpc) is 3.08. The number of hydrogen-bond acceptors (Lipinski definition) is 5. The second kappa shape index (κ2) is 14.5. The number of nitrogens with zero attached hydrogens (tertiary/aromatic N) is 1. The summed E-state index contributed by atoms with van der Waals surface area (Å²) in [6, 6.07) is 15.4. The highest BCUT2D eigenvalue weighted by Crippen LogP contribution is 2.42. The van der Waals surface area contributed by atoms with Gasteiger partial charge >= 0.3 is 5.97 Å². The number of nitrogens with one attached hydrogen (secondary N) is 1. The lowest BCUT2D eigenvalue weighted by molar-refractivity contribution is -0.137. The van der Waals surface area contributed by atoms with Gasteiger partial charge in [0.05, 0.1) is 12.1 Å². The Kier molecular flexibility index (Phi) is 11.0. The number of carboxylic acids is 1. The van der Waals surface area contributed by atoms with Gasteiger partial charge in [-0.2, -0.15) is 0 Å². The van der Waals surface area contributed by atoms with Crippen LogP contribution in [0.25, 0.3) is 0 Å². The maximum absolute atomic E-state index is 14.8. The molecule has 0 saturated heterocycles. The lowest BCUT2D eigenvalue weighted by Gasteiger charge is -2.32. The summed E-state index contributed by atoms with van der Waals surface area (Å²) in [5.74, 6) is -2.58. The molecule has 1 aliphatic heterocycles. The van der Waals surface area contributed by atoms with Crippen LogP contribution in [0.5, 0.6) is 0 Å². The Morgan fingerprint density at radius 2 is 1.82 bits per heavy atom. The first kappa shape index (κ1) is 34.1. The number of ether oxygens (including phenoxy) is 1. The maximum atomic E-state index is 14.8.